The number of nitrogens with zero attached hydrogens (tertiary/aromatic N) is 1. The van der Waals surface area contributed by atoms with Crippen LogP contribution in [0.2, 0.25) is 0 Å². The van der Waals surface area contributed by atoms with Crippen LogP contribution in [-0.2, 0) is 16.0 Å². The van der Waals surface area contributed by atoms with Gasteiger partial charge in [0, 0.05) is 30.5 Å². The lowest BCUT2D eigenvalue weighted by Crippen LogP contribution is -2.35. The molecule has 1 aliphatic heterocycles. The van der Waals surface area contributed by atoms with E-state index in [0.29, 0.717) is 13.0 Å². The van der Waals surface area contributed by atoms with Crippen LogP contribution in [0.3, 0.4) is 0 Å². The number of benzene rings is 1. The average molecular weight is 315 g/mol. The van der Waals surface area contributed by atoms with Gasteiger partial charge in [-0.3, -0.25) is 9.59 Å². The van der Waals surface area contributed by atoms with E-state index in [2.05, 4.69) is 15.6 Å². The second kappa shape index (κ2) is 6.27. The molecule has 114 valence electrons. The SMILES string of the molecule is Cc1nc(CCNC(=O)[C@H]2CC(=O)Nc3ccccc32)cs1. The molecule has 22 heavy (non-hydrogen) atoms. The fourth-order valence-corrected chi connectivity index (χ4v) is 3.25. The van der Waals surface area contributed by atoms with Crippen molar-refractivity contribution in [1.29, 1.82) is 0 Å². The molecular formula is C16H17N3O2S. The van der Waals surface area contributed by atoms with Crippen molar-refractivity contribution >= 4 is 28.8 Å². The Bertz CT molecular complexity index is 711. The molecule has 3 rings (SSSR count). The highest BCUT2D eigenvalue weighted by Gasteiger charge is 2.30. The van der Waals surface area contributed by atoms with Gasteiger partial charge in [-0.2, -0.15) is 0 Å². The smallest absolute Gasteiger partial charge is 0.228 e. The number of anilines is 1. The monoisotopic (exact) mass is 315 g/mol. The highest BCUT2D eigenvalue weighted by atomic mass is 32.1. The highest BCUT2D eigenvalue weighted by Crippen LogP contribution is 2.31. The molecule has 0 spiro atoms. The van der Waals surface area contributed by atoms with Crippen LogP contribution in [-0.4, -0.2) is 23.3 Å². The summed E-state index contributed by atoms with van der Waals surface area (Å²) in [7, 11) is 0. The standard InChI is InChI=1S/C16H17N3O2S/c1-10-18-11(9-22-10)6-7-17-16(21)13-8-15(20)19-14-5-3-2-4-12(13)14/h2-5,9,13H,6-8H2,1H3,(H,17,21)(H,19,20)/t13-/m0/s1. The van der Waals surface area contributed by atoms with E-state index in [4.69, 9.17) is 0 Å². The van der Waals surface area contributed by atoms with E-state index in [1.165, 1.54) is 0 Å². The normalized spacial score (nSPS) is 16.8. The van der Waals surface area contributed by atoms with Crippen LogP contribution in [0.15, 0.2) is 29.6 Å². The number of carbonyl (C=O) groups excluding carboxylic acids is 2. The summed E-state index contributed by atoms with van der Waals surface area (Å²) in [6.45, 7) is 2.49. The third-order valence-corrected chi connectivity index (χ3v) is 4.49. The number of carbonyl (C=O) groups is 2. The first-order valence-electron chi connectivity index (χ1n) is 7.21. The van der Waals surface area contributed by atoms with Crippen molar-refractivity contribution < 1.29 is 9.59 Å². The van der Waals surface area contributed by atoms with E-state index in [1.54, 1.807) is 11.3 Å². The summed E-state index contributed by atoms with van der Waals surface area (Å²) >= 11 is 1.61. The number of rotatable bonds is 4. The first kappa shape index (κ1) is 14.7. The number of nitrogens with one attached hydrogen (secondary N) is 2. The van der Waals surface area contributed by atoms with Gasteiger partial charge in [-0.25, -0.2) is 4.98 Å². The Balaban J connectivity index is 1.63. The molecule has 0 saturated carbocycles. The Hall–Kier alpha value is -2.21. The van der Waals surface area contributed by atoms with Crippen LogP contribution >= 0.6 is 11.3 Å². The van der Waals surface area contributed by atoms with Crippen molar-refractivity contribution in [3.05, 3.63) is 45.9 Å². The number of hydrogen-bond acceptors (Lipinski definition) is 4. The summed E-state index contributed by atoms with van der Waals surface area (Å²) in [4.78, 5) is 28.5. The van der Waals surface area contributed by atoms with E-state index in [-0.39, 0.29) is 18.2 Å². The minimum Gasteiger partial charge on any atom is -0.355 e. The number of thiazole rings is 1. The molecule has 2 N–H and O–H groups in total. The molecule has 1 aliphatic rings. The fourth-order valence-electron chi connectivity index (χ4n) is 2.61. The topological polar surface area (TPSA) is 71.1 Å². The Morgan fingerprint density at radius 1 is 1.45 bits per heavy atom. The Kier molecular flexibility index (Phi) is 4.20. The van der Waals surface area contributed by atoms with Crippen molar-refractivity contribution in [2.75, 3.05) is 11.9 Å². The number of aryl methyl sites for hydroxylation is 1. The molecule has 0 radical (unpaired) electrons. The summed E-state index contributed by atoms with van der Waals surface area (Å²) < 4.78 is 0. The predicted octanol–water partition coefficient (Wildman–Crippen LogP) is 2.24. The van der Waals surface area contributed by atoms with Gasteiger partial charge >= 0.3 is 0 Å². The van der Waals surface area contributed by atoms with Crippen molar-refractivity contribution in [3.8, 4) is 0 Å². The number of amides is 2. The summed E-state index contributed by atoms with van der Waals surface area (Å²) in [5.74, 6) is -0.634. The molecular weight excluding hydrogens is 298 g/mol. The minimum absolute atomic E-state index is 0.103. The summed E-state index contributed by atoms with van der Waals surface area (Å²) in [5, 5.41) is 8.75. The van der Waals surface area contributed by atoms with E-state index in [0.717, 1.165) is 22.0 Å². The fraction of sp³-hybridized carbons (Fsp3) is 0.312. The molecule has 2 heterocycles. The Morgan fingerprint density at radius 2 is 2.27 bits per heavy atom. The van der Waals surface area contributed by atoms with Crippen LogP contribution in [0.1, 0.15) is 28.6 Å². The van der Waals surface area contributed by atoms with E-state index in [9.17, 15) is 9.59 Å². The molecule has 0 fully saturated rings. The van der Waals surface area contributed by atoms with Gasteiger partial charge in [-0.1, -0.05) is 18.2 Å². The molecule has 5 nitrogen and oxygen atoms in total. The van der Waals surface area contributed by atoms with E-state index >= 15 is 0 Å². The van der Waals surface area contributed by atoms with Crippen LogP contribution in [0.4, 0.5) is 5.69 Å². The lowest BCUT2D eigenvalue weighted by molar-refractivity contribution is -0.126. The van der Waals surface area contributed by atoms with Crippen LogP contribution in [0, 0.1) is 6.92 Å². The van der Waals surface area contributed by atoms with Gasteiger partial charge in [0.15, 0.2) is 0 Å². The molecule has 1 atom stereocenters. The minimum atomic E-state index is -0.415. The molecule has 0 saturated heterocycles. The van der Waals surface area contributed by atoms with E-state index in [1.807, 2.05) is 36.6 Å². The van der Waals surface area contributed by atoms with Gasteiger partial charge in [-0.05, 0) is 18.6 Å². The van der Waals surface area contributed by atoms with Crippen molar-refractivity contribution in [2.45, 2.75) is 25.7 Å². The molecule has 0 aliphatic carbocycles. The quantitative estimate of drug-likeness (QED) is 0.909. The number of aromatic nitrogens is 1. The van der Waals surface area contributed by atoms with Crippen LogP contribution in [0.5, 0.6) is 0 Å². The summed E-state index contributed by atoms with van der Waals surface area (Å²) in [5.41, 5.74) is 2.60. The third-order valence-electron chi connectivity index (χ3n) is 3.66. The van der Waals surface area contributed by atoms with Crippen molar-refractivity contribution in [2.24, 2.45) is 0 Å². The number of fused-ring (bicyclic) bond motifs is 1. The summed E-state index contributed by atoms with van der Waals surface area (Å²) in [6.07, 6.45) is 0.898. The lowest BCUT2D eigenvalue weighted by Gasteiger charge is -2.24. The zero-order chi connectivity index (χ0) is 15.5. The number of hydrogen-bond donors (Lipinski definition) is 2. The molecule has 1 aromatic heterocycles. The van der Waals surface area contributed by atoms with Gasteiger partial charge < -0.3 is 10.6 Å². The van der Waals surface area contributed by atoms with Crippen molar-refractivity contribution in [1.82, 2.24) is 10.3 Å². The first-order valence-corrected chi connectivity index (χ1v) is 8.09. The van der Waals surface area contributed by atoms with Crippen LogP contribution in [0.25, 0.3) is 0 Å². The first-order chi connectivity index (χ1) is 10.6. The second-order valence-electron chi connectivity index (χ2n) is 5.29. The third kappa shape index (κ3) is 3.17. The van der Waals surface area contributed by atoms with Gasteiger partial charge in [0.2, 0.25) is 11.8 Å². The summed E-state index contributed by atoms with van der Waals surface area (Å²) in [6, 6.07) is 7.45. The number of para-hydroxylation sites is 1. The second-order valence-corrected chi connectivity index (χ2v) is 6.35. The highest BCUT2D eigenvalue weighted by molar-refractivity contribution is 7.09. The zero-order valence-corrected chi connectivity index (χ0v) is 13.1. The molecule has 6 heteroatoms. The van der Waals surface area contributed by atoms with Crippen LogP contribution < -0.4 is 10.6 Å². The maximum atomic E-state index is 12.4. The Morgan fingerprint density at radius 3 is 3.05 bits per heavy atom. The Labute approximate surface area is 132 Å². The van der Waals surface area contributed by atoms with E-state index < -0.39 is 5.92 Å². The van der Waals surface area contributed by atoms with Crippen molar-refractivity contribution in [3.63, 3.8) is 0 Å². The maximum Gasteiger partial charge on any atom is 0.228 e. The lowest BCUT2D eigenvalue weighted by atomic mass is 9.90. The largest absolute Gasteiger partial charge is 0.355 e. The molecule has 1 aromatic carbocycles. The van der Waals surface area contributed by atoms with Gasteiger partial charge in [0.25, 0.3) is 0 Å². The molecule has 0 unspecified atom stereocenters. The van der Waals surface area contributed by atoms with Gasteiger partial charge in [0.1, 0.15) is 0 Å². The predicted molar refractivity (Wildman–Crippen MR) is 86.0 cm³/mol. The van der Waals surface area contributed by atoms with Gasteiger partial charge in [-0.15, -0.1) is 11.3 Å². The molecule has 2 aromatic rings. The van der Waals surface area contributed by atoms with Gasteiger partial charge in [0.05, 0.1) is 16.6 Å². The maximum absolute atomic E-state index is 12.4. The molecule has 0 bridgehead atoms. The average Bonchev–Trinajstić information content (AvgIpc) is 2.91. The molecule has 2 amide bonds. The zero-order valence-electron chi connectivity index (χ0n) is 12.3.